The van der Waals surface area contributed by atoms with Crippen LogP contribution in [0, 0.1) is 11.3 Å². The Morgan fingerprint density at radius 3 is 2.58 bits per heavy atom. The lowest BCUT2D eigenvalue weighted by Gasteiger charge is -2.33. The molecule has 0 aromatic heterocycles. The summed E-state index contributed by atoms with van der Waals surface area (Å²) in [5.74, 6) is 0.485. The summed E-state index contributed by atoms with van der Waals surface area (Å²) in [6, 6.07) is 0. The Kier molecular flexibility index (Phi) is 2.89. The molecule has 0 saturated carbocycles. The molecule has 70 valence electrons. The molecule has 1 saturated heterocycles. The van der Waals surface area contributed by atoms with Gasteiger partial charge in [0.25, 0.3) is 0 Å². The van der Waals surface area contributed by atoms with E-state index in [0.717, 1.165) is 19.4 Å². The quantitative estimate of drug-likeness (QED) is 0.634. The van der Waals surface area contributed by atoms with Crippen LogP contribution in [-0.2, 0) is 9.53 Å². The average molecular weight is 170 g/mol. The Labute approximate surface area is 74.3 Å². The van der Waals surface area contributed by atoms with E-state index in [0.29, 0.717) is 12.4 Å². The first-order valence-corrected chi connectivity index (χ1v) is 4.68. The van der Waals surface area contributed by atoms with Crippen LogP contribution in [0.25, 0.3) is 0 Å². The second kappa shape index (κ2) is 3.56. The molecule has 0 N–H and O–H groups in total. The van der Waals surface area contributed by atoms with E-state index >= 15 is 0 Å². The number of ketones is 1. The van der Waals surface area contributed by atoms with E-state index in [4.69, 9.17) is 4.74 Å². The summed E-state index contributed by atoms with van der Waals surface area (Å²) in [5.41, 5.74) is -0.202. The van der Waals surface area contributed by atoms with Crippen molar-refractivity contribution in [3.05, 3.63) is 0 Å². The molecule has 0 aromatic rings. The van der Waals surface area contributed by atoms with Gasteiger partial charge in [-0.05, 0) is 12.8 Å². The standard InChI is InChI=1S/C10H18O2/c1-8(2)9(11)10(3)5-4-6-12-7-10/h8H,4-7H2,1-3H3/t10-/m0/s1. The Morgan fingerprint density at radius 1 is 1.50 bits per heavy atom. The van der Waals surface area contributed by atoms with Crippen molar-refractivity contribution < 1.29 is 9.53 Å². The predicted octanol–water partition coefficient (Wildman–Crippen LogP) is 2.03. The van der Waals surface area contributed by atoms with Crippen LogP contribution in [0.2, 0.25) is 0 Å². The molecule has 0 aliphatic carbocycles. The highest BCUT2D eigenvalue weighted by atomic mass is 16.5. The molecule has 1 rings (SSSR count). The molecular weight excluding hydrogens is 152 g/mol. The SMILES string of the molecule is CC(C)C(=O)[C@@]1(C)CCCOC1. The van der Waals surface area contributed by atoms with Gasteiger partial charge in [0, 0.05) is 17.9 Å². The van der Waals surface area contributed by atoms with Gasteiger partial charge in [0.1, 0.15) is 5.78 Å². The minimum atomic E-state index is -0.202. The second-order valence-electron chi connectivity index (χ2n) is 4.24. The summed E-state index contributed by atoms with van der Waals surface area (Å²) < 4.78 is 5.34. The van der Waals surface area contributed by atoms with Gasteiger partial charge in [-0.15, -0.1) is 0 Å². The van der Waals surface area contributed by atoms with Gasteiger partial charge in [-0.25, -0.2) is 0 Å². The van der Waals surface area contributed by atoms with E-state index in [9.17, 15) is 4.79 Å². The van der Waals surface area contributed by atoms with Crippen LogP contribution < -0.4 is 0 Å². The highest BCUT2D eigenvalue weighted by molar-refractivity contribution is 5.86. The molecule has 1 fully saturated rings. The highest BCUT2D eigenvalue weighted by Crippen LogP contribution is 2.31. The zero-order valence-corrected chi connectivity index (χ0v) is 8.22. The first-order valence-electron chi connectivity index (χ1n) is 4.68. The monoisotopic (exact) mass is 170 g/mol. The average Bonchev–Trinajstić information content (AvgIpc) is 2.04. The number of ether oxygens (including phenoxy) is 1. The summed E-state index contributed by atoms with van der Waals surface area (Å²) in [5, 5.41) is 0. The van der Waals surface area contributed by atoms with Gasteiger partial charge < -0.3 is 4.74 Å². The van der Waals surface area contributed by atoms with Crippen LogP contribution in [0.5, 0.6) is 0 Å². The molecule has 1 heterocycles. The third-order valence-electron chi connectivity index (χ3n) is 2.56. The fraction of sp³-hybridized carbons (Fsp3) is 0.900. The third-order valence-corrected chi connectivity index (χ3v) is 2.56. The third kappa shape index (κ3) is 1.86. The maximum atomic E-state index is 11.7. The Hall–Kier alpha value is -0.370. The van der Waals surface area contributed by atoms with E-state index in [1.54, 1.807) is 0 Å². The van der Waals surface area contributed by atoms with Crippen LogP contribution in [0.1, 0.15) is 33.6 Å². The smallest absolute Gasteiger partial charge is 0.143 e. The molecule has 12 heavy (non-hydrogen) atoms. The van der Waals surface area contributed by atoms with Crippen molar-refractivity contribution in [3.8, 4) is 0 Å². The van der Waals surface area contributed by atoms with Crippen molar-refractivity contribution >= 4 is 5.78 Å². The first kappa shape index (κ1) is 9.72. The maximum absolute atomic E-state index is 11.7. The molecule has 0 bridgehead atoms. The molecule has 1 atom stereocenters. The van der Waals surface area contributed by atoms with Crippen LogP contribution in [0.3, 0.4) is 0 Å². The topological polar surface area (TPSA) is 26.3 Å². The van der Waals surface area contributed by atoms with Gasteiger partial charge in [-0.1, -0.05) is 20.8 Å². The van der Waals surface area contributed by atoms with Crippen LogP contribution in [0.4, 0.5) is 0 Å². The van der Waals surface area contributed by atoms with Crippen molar-refractivity contribution in [2.75, 3.05) is 13.2 Å². The summed E-state index contributed by atoms with van der Waals surface area (Å²) >= 11 is 0. The van der Waals surface area contributed by atoms with Gasteiger partial charge in [0.2, 0.25) is 0 Å². The van der Waals surface area contributed by atoms with E-state index in [1.165, 1.54) is 0 Å². The highest BCUT2D eigenvalue weighted by Gasteiger charge is 2.36. The van der Waals surface area contributed by atoms with Crippen LogP contribution >= 0.6 is 0 Å². The number of hydrogen-bond donors (Lipinski definition) is 0. The van der Waals surface area contributed by atoms with Crippen LogP contribution in [-0.4, -0.2) is 19.0 Å². The lowest BCUT2D eigenvalue weighted by Crippen LogP contribution is -2.39. The Bertz CT molecular complexity index is 167. The lowest BCUT2D eigenvalue weighted by atomic mass is 9.77. The molecule has 2 nitrogen and oxygen atoms in total. The van der Waals surface area contributed by atoms with E-state index in [-0.39, 0.29) is 11.3 Å². The predicted molar refractivity (Wildman–Crippen MR) is 48.0 cm³/mol. The normalized spacial score (nSPS) is 30.7. The van der Waals surface area contributed by atoms with Gasteiger partial charge in [-0.2, -0.15) is 0 Å². The molecule has 0 radical (unpaired) electrons. The Balaban J connectivity index is 2.62. The fourth-order valence-corrected chi connectivity index (χ4v) is 1.83. The summed E-state index contributed by atoms with van der Waals surface area (Å²) in [6.07, 6.45) is 2.01. The summed E-state index contributed by atoms with van der Waals surface area (Å²) in [4.78, 5) is 11.7. The molecule has 1 aliphatic heterocycles. The van der Waals surface area contributed by atoms with Crippen LogP contribution in [0.15, 0.2) is 0 Å². The van der Waals surface area contributed by atoms with Gasteiger partial charge in [-0.3, -0.25) is 4.79 Å². The number of carbonyl (C=O) groups excluding carboxylic acids is 1. The zero-order chi connectivity index (χ0) is 9.19. The fourth-order valence-electron chi connectivity index (χ4n) is 1.83. The molecule has 0 aromatic carbocycles. The zero-order valence-electron chi connectivity index (χ0n) is 8.22. The maximum Gasteiger partial charge on any atom is 0.143 e. The van der Waals surface area contributed by atoms with E-state index < -0.39 is 0 Å². The van der Waals surface area contributed by atoms with E-state index in [2.05, 4.69) is 0 Å². The minimum Gasteiger partial charge on any atom is -0.380 e. The van der Waals surface area contributed by atoms with E-state index in [1.807, 2.05) is 20.8 Å². The summed E-state index contributed by atoms with van der Waals surface area (Å²) in [7, 11) is 0. The molecule has 1 aliphatic rings. The largest absolute Gasteiger partial charge is 0.380 e. The Morgan fingerprint density at radius 2 is 2.17 bits per heavy atom. The number of carbonyl (C=O) groups is 1. The summed E-state index contributed by atoms with van der Waals surface area (Å²) in [6.45, 7) is 7.38. The number of Topliss-reactive ketones (excluding diaryl/α,β-unsaturated/α-hetero) is 1. The van der Waals surface area contributed by atoms with Crippen molar-refractivity contribution in [2.45, 2.75) is 33.6 Å². The van der Waals surface area contributed by atoms with Gasteiger partial charge in [0.15, 0.2) is 0 Å². The molecule has 0 spiro atoms. The van der Waals surface area contributed by atoms with Crippen molar-refractivity contribution in [3.63, 3.8) is 0 Å². The number of hydrogen-bond acceptors (Lipinski definition) is 2. The van der Waals surface area contributed by atoms with Crippen molar-refractivity contribution in [2.24, 2.45) is 11.3 Å². The lowest BCUT2D eigenvalue weighted by molar-refractivity contribution is -0.138. The molecule has 2 heteroatoms. The van der Waals surface area contributed by atoms with Crippen molar-refractivity contribution in [1.82, 2.24) is 0 Å². The van der Waals surface area contributed by atoms with Gasteiger partial charge >= 0.3 is 0 Å². The number of rotatable bonds is 2. The first-order chi connectivity index (χ1) is 5.56. The molecule has 0 amide bonds. The van der Waals surface area contributed by atoms with Crippen molar-refractivity contribution in [1.29, 1.82) is 0 Å². The molecule has 0 unspecified atom stereocenters. The minimum absolute atomic E-state index is 0.136. The second-order valence-corrected chi connectivity index (χ2v) is 4.24. The molecular formula is C10H18O2. The van der Waals surface area contributed by atoms with Gasteiger partial charge in [0.05, 0.1) is 6.61 Å².